The molecule has 1 unspecified atom stereocenters. The Morgan fingerprint density at radius 2 is 1.85 bits per heavy atom. The third-order valence-electron chi connectivity index (χ3n) is 3.23. The summed E-state index contributed by atoms with van der Waals surface area (Å²) in [7, 11) is -3.14. The second-order valence-electron chi connectivity index (χ2n) is 4.55. The highest BCUT2D eigenvalue weighted by atomic mass is 32.2. The van der Waals surface area contributed by atoms with Crippen molar-refractivity contribution in [3.05, 3.63) is 48.4 Å². The first-order chi connectivity index (χ1) is 9.56. The lowest BCUT2D eigenvalue weighted by atomic mass is 10.1. The van der Waals surface area contributed by atoms with E-state index in [9.17, 15) is 8.42 Å². The first kappa shape index (κ1) is 14.7. The van der Waals surface area contributed by atoms with E-state index in [1.54, 1.807) is 37.5 Å². The smallest absolute Gasteiger partial charge is 0.178 e. The van der Waals surface area contributed by atoms with Crippen LogP contribution in [0.1, 0.15) is 32.1 Å². The highest BCUT2D eigenvalue weighted by molar-refractivity contribution is 7.91. The molecule has 0 amide bonds. The van der Waals surface area contributed by atoms with E-state index >= 15 is 0 Å². The van der Waals surface area contributed by atoms with Gasteiger partial charge in [0.2, 0.25) is 0 Å². The van der Waals surface area contributed by atoms with Crippen molar-refractivity contribution < 1.29 is 12.8 Å². The van der Waals surface area contributed by atoms with Crippen LogP contribution in [0.4, 0.5) is 5.69 Å². The predicted octanol–water partition coefficient (Wildman–Crippen LogP) is 3.64. The van der Waals surface area contributed by atoms with Gasteiger partial charge in [-0.25, -0.2) is 8.42 Å². The predicted molar refractivity (Wildman–Crippen MR) is 79.5 cm³/mol. The number of furan rings is 1. The monoisotopic (exact) mass is 293 g/mol. The van der Waals surface area contributed by atoms with Gasteiger partial charge in [-0.1, -0.05) is 13.8 Å². The van der Waals surface area contributed by atoms with Crippen LogP contribution >= 0.6 is 0 Å². The maximum atomic E-state index is 11.7. The summed E-state index contributed by atoms with van der Waals surface area (Å²) in [6.45, 7) is 3.71. The van der Waals surface area contributed by atoms with Crippen LogP contribution in [-0.2, 0) is 9.84 Å². The molecule has 0 radical (unpaired) electrons. The molecule has 2 aromatic rings. The zero-order valence-electron chi connectivity index (χ0n) is 11.7. The Morgan fingerprint density at radius 1 is 1.15 bits per heavy atom. The molecule has 0 aliphatic heterocycles. The lowest BCUT2D eigenvalue weighted by molar-refractivity contribution is 0.474. The van der Waals surface area contributed by atoms with Crippen LogP contribution < -0.4 is 5.32 Å². The number of rotatable bonds is 6. The molecule has 1 N–H and O–H groups in total. The number of hydrogen-bond acceptors (Lipinski definition) is 4. The van der Waals surface area contributed by atoms with Crippen LogP contribution in [-0.4, -0.2) is 14.2 Å². The van der Waals surface area contributed by atoms with Crippen molar-refractivity contribution in [3.8, 4) is 0 Å². The first-order valence-electron chi connectivity index (χ1n) is 6.69. The standard InChI is InChI=1S/C15H19NO3S/c1-3-14(15-6-5-11-19-15)16-12-7-9-13(10-8-12)20(17,18)4-2/h5-11,14,16H,3-4H2,1-2H3. The zero-order valence-corrected chi connectivity index (χ0v) is 12.5. The molecule has 1 heterocycles. The first-order valence-corrected chi connectivity index (χ1v) is 8.34. The van der Waals surface area contributed by atoms with Gasteiger partial charge in [0, 0.05) is 5.69 Å². The van der Waals surface area contributed by atoms with Gasteiger partial charge in [0.1, 0.15) is 5.76 Å². The summed E-state index contributed by atoms with van der Waals surface area (Å²) in [4.78, 5) is 0.358. The van der Waals surface area contributed by atoms with Gasteiger partial charge in [0.15, 0.2) is 9.84 Å². The highest BCUT2D eigenvalue weighted by Gasteiger charge is 2.13. The molecule has 2 rings (SSSR count). The Bertz CT molecular complexity index is 630. The normalized spacial score (nSPS) is 13.1. The molecule has 0 saturated carbocycles. The molecular weight excluding hydrogens is 274 g/mol. The molecule has 0 bridgehead atoms. The average Bonchev–Trinajstić information content (AvgIpc) is 2.99. The number of anilines is 1. The van der Waals surface area contributed by atoms with E-state index in [0.717, 1.165) is 17.9 Å². The summed E-state index contributed by atoms with van der Waals surface area (Å²) in [6.07, 6.45) is 2.53. The van der Waals surface area contributed by atoms with Crippen molar-refractivity contribution in [2.75, 3.05) is 11.1 Å². The van der Waals surface area contributed by atoms with E-state index < -0.39 is 9.84 Å². The topological polar surface area (TPSA) is 59.3 Å². The quantitative estimate of drug-likeness (QED) is 0.883. The number of nitrogens with one attached hydrogen (secondary N) is 1. The molecule has 5 heteroatoms. The third kappa shape index (κ3) is 3.22. The number of hydrogen-bond donors (Lipinski definition) is 1. The minimum absolute atomic E-state index is 0.0821. The molecule has 1 aromatic heterocycles. The van der Waals surface area contributed by atoms with Crippen molar-refractivity contribution in [1.29, 1.82) is 0 Å². The van der Waals surface area contributed by atoms with E-state index in [1.807, 2.05) is 12.1 Å². The largest absolute Gasteiger partial charge is 0.467 e. The van der Waals surface area contributed by atoms with Crippen LogP contribution in [0.25, 0.3) is 0 Å². The Hall–Kier alpha value is -1.75. The van der Waals surface area contributed by atoms with Gasteiger partial charge in [0.25, 0.3) is 0 Å². The summed E-state index contributed by atoms with van der Waals surface area (Å²) in [5.74, 6) is 0.988. The van der Waals surface area contributed by atoms with E-state index in [0.29, 0.717) is 4.90 Å². The van der Waals surface area contributed by atoms with Gasteiger partial charge < -0.3 is 9.73 Å². The minimum atomic E-state index is -3.14. The molecular formula is C15H19NO3S. The molecule has 20 heavy (non-hydrogen) atoms. The molecule has 0 spiro atoms. The molecule has 0 aliphatic carbocycles. The highest BCUT2D eigenvalue weighted by Crippen LogP contribution is 2.24. The van der Waals surface area contributed by atoms with Crippen molar-refractivity contribution in [2.45, 2.75) is 31.2 Å². The molecule has 4 nitrogen and oxygen atoms in total. The Balaban J connectivity index is 2.15. The summed E-state index contributed by atoms with van der Waals surface area (Å²) >= 11 is 0. The summed E-state index contributed by atoms with van der Waals surface area (Å²) in [6, 6.07) is 10.7. The SMILES string of the molecule is CCC(Nc1ccc(S(=O)(=O)CC)cc1)c1ccco1. The zero-order chi connectivity index (χ0) is 14.6. The molecule has 1 atom stereocenters. The fourth-order valence-electron chi connectivity index (χ4n) is 1.99. The fourth-order valence-corrected chi connectivity index (χ4v) is 2.87. The lowest BCUT2D eigenvalue weighted by Gasteiger charge is -2.16. The van der Waals surface area contributed by atoms with E-state index in [2.05, 4.69) is 12.2 Å². The van der Waals surface area contributed by atoms with Gasteiger partial charge in [-0.15, -0.1) is 0 Å². The average molecular weight is 293 g/mol. The molecule has 108 valence electrons. The second kappa shape index (κ2) is 6.13. The number of benzene rings is 1. The maximum Gasteiger partial charge on any atom is 0.178 e. The Kier molecular flexibility index (Phi) is 4.49. The molecule has 0 aliphatic rings. The minimum Gasteiger partial charge on any atom is -0.467 e. The van der Waals surface area contributed by atoms with Gasteiger partial charge in [0.05, 0.1) is 23.0 Å². The van der Waals surface area contributed by atoms with Crippen molar-refractivity contribution in [3.63, 3.8) is 0 Å². The maximum absolute atomic E-state index is 11.7. The van der Waals surface area contributed by atoms with Gasteiger partial charge >= 0.3 is 0 Å². The van der Waals surface area contributed by atoms with E-state index in [1.165, 1.54) is 0 Å². The van der Waals surface area contributed by atoms with Crippen LogP contribution in [0.2, 0.25) is 0 Å². The third-order valence-corrected chi connectivity index (χ3v) is 4.98. The summed E-state index contributed by atoms with van der Waals surface area (Å²) in [5, 5.41) is 3.34. The van der Waals surface area contributed by atoms with Crippen LogP contribution in [0.3, 0.4) is 0 Å². The molecule has 1 aromatic carbocycles. The van der Waals surface area contributed by atoms with Crippen LogP contribution in [0.5, 0.6) is 0 Å². The van der Waals surface area contributed by atoms with Crippen LogP contribution in [0, 0.1) is 0 Å². The Morgan fingerprint density at radius 3 is 2.35 bits per heavy atom. The number of sulfone groups is 1. The fraction of sp³-hybridized carbons (Fsp3) is 0.333. The summed E-state index contributed by atoms with van der Waals surface area (Å²) < 4.78 is 28.9. The summed E-state index contributed by atoms with van der Waals surface area (Å²) in [5.41, 5.74) is 0.878. The van der Waals surface area contributed by atoms with Gasteiger partial charge in [-0.05, 0) is 42.8 Å². The van der Waals surface area contributed by atoms with E-state index in [4.69, 9.17) is 4.42 Å². The second-order valence-corrected chi connectivity index (χ2v) is 6.83. The lowest BCUT2D eigenvalue weighted by Crippen LogP contribution is -2.09. The molecule has 0 saturated heterocycles. The van der Waals surface area contributed by atoms with Crippen LogP contribution in [0.15, 0.2) is 52.0 Å². The molecule has 0 fully saturated rings. The van der Waals surface area contributed by atoms with Crippen molar-refractivity contribution in [2.24, 2.45) is 0 Å². The van der Waals surface area contributed by atoms with E-state index in [-0.39, 0.29) is 11.8 Å². The Labute approximate surface area is 119 Å². The van der Waals surface area contributed by atoms with Gasteiger partial charge in [-0.3, -0.25) is 0 Å². The van der Waals surface area contributed by atoms with Gasteiger partial charge in [-0.2, -0.15) is 0 Å². The van der Waals surface area contributed by atoms with Crippen molar-refractivity contribution in [1.82, 2.24) is 0 Å². The van der Waals surface area contributed by atoms with Crippen molar-refractivity contribution >= 4 is 15.5 Å².